The molecule has 0 aliphatic heterocycles. The van der Waals surface area contributed by atoms with Gasteiger partial charge in [0.25, 0.3) is 0 Å². The molecule has 1 amide bonds. The van der Waals surface area contributed by atoms with Crippen LogP contribution in [0.2, 0.25) is 0 Å². The van der Waals surface area contributed by atoms with E-state index in [0.717, 1.165) is 6.07 Å². The monoisotopic (exact) mass is 512 g/mol. The Morgan fingerprint density at radius 2 is 1.83 bits per heavy atom. The highest BCUT2D eigenvalue weighted by Crippen LogP contribution is 2.29. The number of hydrogen-bond acceptors (Lipinski definition) is 6. The Balaban J connectivity index is 1.96. The molecule has 0 saturated carbocycles. The fraction of sp³-hybridized carbons (Fsp3) is 0.304. The molecule has 35 heavy (non-hydrogen) atoms. The molecule has 0 bridgehead atoms. The Labute approximate surface area is 199 Å². The Bertz CT molecular complexity index is 1450. The topological polar surface area (TPSA) is 106 Å². The highest BCUT2D eigenvalue weighted by Gasteiger charge is 2.30. The minimum Gasteiger partial charge on any atom is -0.422 e. The number of amides is 1. The predicted octanol–water partition coefficient (Wildman–Crippen LogP) is 3.90. The van der Waals surface area contributed by atoms with Crippen molar-refractivity contribution in [3.05, 3.63) is 69.1 Å². The summed E-state index contributed by atoms with van der Waals surface area (Å²) in [6.45, 7) is 1.73. The standard InChI is InChI=1S/C23H23F3N2O6S/c1-13-8-17-14(2)18(21(29)33-20(17)11-19(13)34-22(30)28(3)4)10-15-6-5-7-16(9-15)35(31,32)27-12-23(24,25)26/h5-9,11,27H,10,12H2,1-4H3. The first-order chi connectivity index (χ1) is 16.2. The van der Waals surface area contributed by atoms with Gasteiger partial charge in [0, 0.05) is 37.5 Å². The number of benzene rings is 2. The van der Waals surface area contributed by atoms with Crippen LogP contribution in [0.1, 0.15) is 22.3 Å². The molecule has 0 atom stereocenters. The molecule has 0 unspecified atom stereocenters. The van der Waals surface area contributed by atoms with Crippen molar-refractivity contribution in [2.45, 2.75) is 31.3 Å². The Morgan fingerprint density at radius 1 is 1.14 bits per heavy atom. The molecule has 8 nitrogen and oxygen atoms in total. The summed E-state index contributed by atoms with van der Waals surface area (Å²) >= 11 is 0. The molecule has 0 saturated heterocycles. The van der Waals surface area contributed by atoms with Crippen molar-refractivity contribution < 1.29 is 35.5 Å². The van der Waals surface area contributed by atoms with Crippen LogP contribution in [-0.4, -0.2) is 46.2 Å². The summed E-state index contributed by atoms with van der Waals surface area (Å²) in [5, 5.41) is 0.595. The van der Waals surface area contributed by atoms with Gasteiger partial charge in [-0.3, -0.25) is 0 Å². The number of halogens is 3. The minimum atomic E-state index is -4.70. The van der Waals surface area contributed by atoms with Crippen molar-refractivity contribution in [3.8, 4) is 5.75 Å². The van der Waals surface area contributed by atoms with E-state index in [0.29, 0.717) is 22.1 Å². The lowest BCUT2D eigenvalue weighted by molar-refractivity contribution is -0.121. The minimum absolute atomic E-state index is 0.0108. The molecule has 188 valence electrons. The van der Waals surface area contributed by atoms with E-state index in [-0.39, 0.29) is 28.2 Å². The summed E-state index contributed by atoms with van der Waals surface area (Å²) < 4.78 is 74.1. The van der Waals surface area contributed by atoms with Crippen molar-refractivity contribution in [3.63, 3.8) is 0 Å². The number of hydrogen-bond donors (Lipinski definition) is 1. The molecule has 0 aliphatic rings. The zero-order valence-corrected chi connectivity index (χ0v) is 20.1. The second-order valence-corrected chi connectivity index (χ2v) is 9.90. The normalized spacial score (nSPS) is 12.1. The molecule has 2 aromatic carbocycles. The summed E-state index contributed by atoms with van der Waals surface area (Å²) in [6, 6.07) is 8.46. The highest BCUT2D eigenvalue weighted by molar-refractivity contribution is 7.89. The predicted molar refractivity (Wildman–Crippen MR) is 122 cm³/mol. The average molecular weight is 513 g/mol. The third-order valence-electron chi connectivity index (χ3n) is 5.20. The Morgan fingerprint density at radius 3 is 2.46 bits per heavy atom. The Hall–Kier alpha value is -3.38. The molecule has 3 aromatic rings. The number of fused-ring (bicyclic) bond motifs is 1. The van der Waals surface area contributed by atoms with Crippen LogP contribution in [0.4, 0.5) is 18.0 Å². The van der Waals surface area contributed by atoms with Crippen LogP contribution in [0.5, 0.6) is 5.75 Å². The maximum Gasteiger partial charge on any atom is 0.414 e. The fourth-order valence-electron chi connectivity index (χ4n) is 3.31. The van der Waals surface area contributed by atoms with Crippen LogP contribution in [0, 0.1) is 13.8 Å². The van der Waals surface area contributed by atoms with Gasteiger partial charge in [-0.15, -0.1) is 0 Å². The maximum atomic E-state index is 12.7. The van der Waals surface area contributed by atoms with Gasteiger partial charge in [-0.1, -0.05) is 12.1 Å². The average Bonchev–Trinajstić information content (AvgIpc) is 2.76. The van der Waals surface area contributed by atoms with E-state index in [9.17, 15) is 31.2 Å². The first-order valence-corrected chi connectivity index (χ1v) is 11.8. The highest BCUT2D eigenvalue weighted by atomic mass is 32.2. The molecule has 12 heteroatoms. The summed E-state index contributed by atoms with van der Waals surface area (Å²) in [7, 11) is -1.35. The van der Waals surface area contributed by atoms with E-state index < -0.39 is 34.5 Å². The third-order valence-corrected chi connectivity index (χ3v) is 6.60. The van der Waals surface area contributed by atoms with Crippen LogP contribution < -0.4 is 15.1 Å². The van der Waals surface area contributed by atoms with E-state index >= 15 is 0 Å². The van der Waals surface area contributed by atoms with Crippen molar-refractivity contribution in [1.82, 2.24) is 9.62 Å². The zero-order chi connectivity index (χ0) is 26.1. The maximum absolute atomic E-state index is 12.7. The second-order valence-electron chi connectivity index (χ2n) is 8.13. The molecule has 0 radical (unpaired) electrons. The molecule has 0 spiro atoms. The molecule has 0 aliphatic carbocycles. The van der Waals surface area contributed by atoms with E-state index in [1.54, 1.807) is 26.0 Å². The first-order valence-electron chi connectivity index (χ1n) is 10.3. The van der Waals surface area contributed by atoms with E-state index in [4.69, 9.17) is 9.15 Å². The number of nitrogens with zero attached hydrogens (tertiary/aromatic N) is 1. The number of carbonyl (C=O) groups is 1. The van der Waals surface area contributed by atoms with Crippen LogP contribution in [-0.2, 0) is 16.4 Å². The van der Waals surface area contributed by atoms with E-state index in [1.165, 1.54) is 41.9 Å². The van der Waals surface area contributed by atoms with Gasteiger partial charge in [0.2, 0.25) is 10.0 Å². The van der Waals surface area contributed by atoms with Gasteiger partial charge in [0.05, 0.1) is 4.90 Å². The second kappa shape index (κ2) is 9.70. The molecule has 1 heterocycles. The Kier molecular flexibility index (Phi) is 7.27. The van der Waals surface area contributed by atoms with Crippen LogP contribution in [0.3, 0.4) is 0 Å². The fourth-order valence-corrected chi connectivity index (χ4v) is 4.40. The lowest BCUT2D eigenvalue weighted by atomic mass is 9.98. The molecule has 0 fully saturated rings. The lowest BCUT2D eigenvalue weighted by Gasteiger charge is -2.14. The summed E-state index contributed by atoms with van der Waals surface area (Å²) in [5.41, 5.74) is 1.38. The van der Waals surface area contributed by atoms with Gasteiger partial charge < -0.3 is 14.1 Å². The van der Waals surface area contributed by atoms with Gasteiger partial charge >= 0.3 is 17.9 Å². The van der Waals surface area contributed by atoms with Crippen LogP contribution in [0.15, 0.2) is 50.5 Å². The van der Waals surface area contributed by atoms with Gasteiger partial charge in [0.1, 0.15) is 17.9 Å². The zero-order valence-electron chi connectivity index (χ0n) is 19.3. The number of alkyl halides is 3. The number of sulfonamides is 1. The van der Waals surface area contributed by atoms with Gasteiger partial charge in [-0.05, 0) is 48.7 Å². The van der Waals surface area contributed by atoms with E-state index in [1.807, 2.05) is 0 Å². The van der Waals surface area contributed by atoms with Gasteiger partial charge in [0.15, 0.2) is 0 Å². The molecule has 3 rings (SSSR count). The summed E-state index contributed by atoms with van der Waals surface area (Å²) in [5.74, 6) is 0.232. The summed E-state index contributed by atoms with van der Waals surface area (Å²) in [4.78, 5) is 25.5. The third kappa shape index (κ3) is 6.20. The van der Waals surface area contributed by atoms with Gasteiger partial charge in [-0.2, -0.15) is 13.2 Å². The van der Waals surface area contributed by atoms with Crippen molar-refractivity contribution in [2.75, 3.05) is 20.6 Å². The number of nitrogens with one attached hydrogen (secondary N) is 1. The lowest BCUT2D eigenvalue weighted by Crippen LogP contribution is -2.33. The van der Waals surface area contributed by atoms with Gasteiger partial charge in [-0.25, -0.2) is 22.7 Å². The number of aryl methyl sites for hydroxylation is 2. The van der Waals surface area contributed by atoms with Crippen LogP contribution >= 0.6 is 0 Å². The first kappa shape index (κ1) is 26.2. The number of rotatable bonds is 6. The molecular weight excluding hydrogens is 489 g/mol. The van der Waals surface area contributed by atoms with Crippen molar-refractivity contribution >= 4 is 27.1 Å². The molecule has 1 aromatic heterocycles. The quantitative estimate of drug-likeness (QED) is 0.502. The summed E-state index contributed by atoms with van der Waals surface area (Å²) in [6.07, 6.45) is -5.31. The van der Waals surface area contributed by atoms with Crippen LogP contribution in [0.25, 0.3) is 11.0 Å². The smallest absolute Gasteiger partial charge is 0.414 e. The molecular formula is C23H23F3N2O6S. The number of carbonyl (C=O) groups excluding carboxylic acids is 1. The molecule has 1 N–H and O–H groups in total. The van der Waals surface area contributed by atoms with Crippen molar-refractivity contribution in [1.29, 1.82) is 0 Å². The largest absolute Gasteiger partial charge is 0.422 e. The van der Waals surface area contributed by atoms with Crippen molar-refractivity contribution in [2.24, 2.45) is 0 Å². The SMILES string of the molecule is Cc1cc2c(C)c(Cc3cccc(S(=O)(=O)NCC(F)(F)F)c3)c(=O)oc2cc1OC(=O)N(C)C. The van der Waals surface area contributed by atoms with E-state index in [2.05, 4.69) is 0 Å². The number of ether oxygens (including phenoxy) is 1.